The van der Waals surface area contributed by atoms with E-state index in [4.69, 9.17) is 24.3 Å². The molecular weight excluding hydrogens is 834 g/mol. The van der Waals surface area contributed by atoms with Crippen molar-refractivity contribution in [1.82, 2.24) is 0 Å². The van der Waals surface area contributed by atoms with E-state index in [9.17, 15) is 19.0 Å². The highest BCUT2D eigenvalue weighted by atomic mass is 31.2. The molecule has 0 aliphatic rings. The summed E-state index contributed by atoms with van der Waals surface area (Å²) in [7, 11) is -4.39. The summed E-state index contributed by atoms with van der Waals surface area (Å²) in [5.74, 6) is -0.868. The number of phosphoric ester groups is 1. The van der Waals surface area contributed by atoms with Gasteiger partial charge in [0.2, 0.25) is 0 Å². The number of carbonyl (C=O) groups is 2. The predicted molar refractivity (Wildman–Crippen MR) is 275 cm³/mol. The van der Waals surface area contributed by atoms with Crippen LogP contribution >= 0.6 is 7.82 Å². The number of allylic oxidation sites excluding steroid dienone is 6. The maximum Gasteiger partial charge on any atom is 0.472 e. The van der Waals surface area contributed by atoms with Crippen LogP contribution in [-0.4, -0.2) is 49.3 Å². The molecule has 1 unspecified atom stereocenters. The first-order valence-electron chi connectivity index (χ1n) is 27.5. The Bertz CT molecular complexity index is 1160. The average molecular weight is 938 g/mol. The second-order valence-electron chi connectivity index (χ2n) is 18.4. The third-order valence-corrected chi connectivity index (χ3v) is 13.0. The Morgan fingerprint density at radius 1 is 0.446 bits per heavy atom. The molecule has 0 saturated heterocycles. The van der Waals surface area contributed by atoms with Gasteiger partial charge in [-0.3, -0.25) is 18.6 Å². The molecule has 2 atom stereocenters. The van der Waals surface area contributed by atoms with Crippen LogP contribution in [0, 0.1) is 0 Å². The molecule has 0 bridgehead atoms. The Morgan fingerprint density at radius 3 is 1.18 bits per heavy atom. The van der Waals surface area contributed by atoms with Crippen molar-refractivity contribution >= 4 is 19.8 Å². The topological polar surface area (TPSA) is 134 Å². The first kappa shape index (κ1) is 63.2. The lowest BCUT2D eigenvalue weighted by molar-refractivity contribution is -0.161. The number of carbonyl (C=O) groups excluding carboxylic acids is 2. The van der Waals surface area contributed by atoms with E-state index >= 15 is 0 Å². The zero-order valence-corrected chi connectivity index (χ0v) is 43.4. The van der Waals surface area contributed by atoms with Crippen LogP contribution in [0.1, 0.15) is 271 Å². The summed E-state index contributed by atoms with van der Waals surface area (Å²) in [5, 5.41) is 0. The number of hydrogen-bond acceptors (Lipinski definition) is 8. The number of phosphoric acid groups is 1. The third-order valence-electron chi connectivity index (χ3n) is 12.0. The monoisotopic (exact) mass is 938 g/mol. The lowest BCUT2D eigenvalue weighted by atomic mass is 10.0. The smallest absolute Gasteiger partial charge is 0.462 e. The molecule has 0 heterocycles. The minimum atomic E-state index is -4.39. The first-order valence-corrected chi connectivity index (χ1v) is 29.0. The Kier molecular flexibility index (Phi) is 50.2. The van der Waals surface area contributed by atoms with Crippen molar-refractivity contribution < 1.29 is 37.6 Å². The van der Waals surface area contributed by atoms with Crippen molar-refractivity contribution in [2.24, 2.45) is 5.73 Å². The van der Waals surface area contributed by atoms with Crippen LogP contribution in [0.3, 0.4) is 0 Å². The van der Waals surface area contributed by atoms with Crippen molar-refractivity contribution in [3.05, 3.63) is 36.5 Å². The molecule has 3 N–H and O–H groups in total. The van der Waals surface area contributed by atoms with E-state index in [0.29, 0.717) is 12.8 Å². The molecular formula is C55H104NO8P. The molecule has 0 radical (unpaired) electrons. The van der Waals surface area contributed by atoms with Gasteiger partial charge in [0.15, 0.2) is 6.10 Å². The Morgan fingerprint density at radius 2 is 0.785 bits per heavy atom. The average Bonchev–Trinajstić information content (AvgIpc) is 3.30. The third kappa shape index (κ3) is 51.5. The molecule has 382 valence electrons. The van der Waals surface area contributed by atoms with Crippen LogP contribution in [0.2, 0.25) is 0 Å². The van der Waals surface area contributed by atoms with Crippen LogP contribution in [0.4, 0.5) is 0 Å². The molecule has 65 heavy (non-hydrogen) atoms. The van der Waals surface area contributed by atoms with Gasteiger partial charge in [0, 0.05) is 19.4 Å². The number of unbranched alkanes of at least 4 members (excludes halogenated alkanes) is 33. The molecule has 0 aromatic carbocycles. The fourth-order valence-electron chi connectivity index (χ4n) is 7.89. The number of nitrogens with two attached hydrogens (primary N) is 1. The molecule has 0 aromatic rings. The summed E-state index contributed by atoms with van der Waals surface area (Å²) in [6.07, 6.45) is 60.6. The Labute approximate surface area is 401 Å². The van der Waals surface area contributed by atoms with E-state index < -0.39 is 32.5 Å². The van der Waals surface area contributed by atoms with Crippen LogP contribution in [0.15, 0.2) is 36.5 Å². The molecule has 0 aliphatic heterocycles. The molecule has 9 nitrogen and oxygen atoms in total. The van der Waals surface area contributed by atoms with Crippen molar-refractivity contribution in [2.75, 3.05) is 26.4 Å². The maximum absolute atomic E-state index is 12.7. The van der Waals surface area contributed by atoms with Gasteiger partial charge >= 0.3 is 19.8 Å². The SMILES string of the molecule is CCCCCCCC/C=C/CCCCCCCCCCCCCC(=O)O[C@H](COC(=O)CCC/C=C/CC/C=C/CCCCCCCCCCCCCCCC)COP(=O)(O)OCCN. The summed E-state index contributed by atoms with van der Waals surface area (Å²) in [6.45, 7) is 3.74. The number of ether oxygens (including phenoxy) is 2. The largest absolute Gasteiger partial charge is 0.472 e. The van der Waals surface area contributed by atoms with Gasteiger partial charge in [-0.25, -0.2) is 4.57 Å². The number of esters is 2. The van der Waals surface area contributed by atoms with E-state index in [2.05, 4.69) is 50.3 Å². The quantitative estimate of drug-likeness (QED) is 0.0264. The lowest BCUT2D eigenvalue weighted by Crippen LogP contribution is -2.29. The van der Waals surface area contributed by atoms with E-state index in [1.54, 1.807) is 0 Å². The fraction of sp³-hybridized carbons (Fsp3) is 0.855. The zero-order valence-electron chi connectivity index (χ0n) is 42.5. The minimum absolute atomic E-state index is 0.0491. The zero-order chi connectivity index (χ0) is 47.4. The summed E-state index contributed by atoms with van der Waals surface area (Å²) >= 11 is 0. The van der Waals surface area contributed by atoms with E-state index in [0.717, 1.165) is 44.9 Å². The molecule has 0 amide bonds. The van der Waals surface area contributed by atoms with E-state index in [1.807, 2.05) is 0 Å². The van der Waals surface area contributed by atoms with Gasteiger partial charge in [0.05, 0.1) is 13.2 Å². The van der Waals surface area contributed by atoms with E-state index in [-0.39, 0.29) is 32.6 Å². The summed E-state index contributed by atoms with van der Waals surface area (Å²) < 4.78 is 32.9. The van der Waals surface area contributed by atoms with Crippen LogP contribution in [0.5, 0.6) is 0 Å². The van der Waals surface area contributed by atoms with Crippen molar-refractivity contribution in [2.45, 2.75) is 277 Å². The molecule has 0 aromatic heterocycles. The van der Waals surface area contributed by atoms with Crippen molar-refractivity contribution in [1.29, 1.82) is 0 Å². The van der Waals surface area contributed by atoms with Crippen LogP contribution < -0.4 is 5.73 Å². The second kappa shape index (κ2) is 51.6. The van der Waals surface area contributed by atoms with Gasteiger partial charge in [-0.05, 0) is 70.6 Å². The summed E-state index contributed by atoms with van der Waals surface area (Å²) in [6, 6.07) is 0. The Hall–Kier alpha value is -1.77. The van der Waals surface area contributed by atoms with Crippen molar-refractivity contribution in [3.63, 3.8) is 0 Å². The van der Waals surface area contributed by atoms with Gasteiger partial charge in [-0.2, -0.15) is 0 Å². The molecule has 0 aliphatic carbocycles. The van der Waals surface area contributed by atoms with Gasteiger partial charge in [0.25, 0.3) is 0 Å². The summed E-state index contributed by atoms with van der Waals surface area (Å²) in [4.78, 5) is 35.1. The van der Waals surface area contributed by atoms with Crippen LogP contribution in [0.25, 0.3) is 0 Å². The first-order chi connectivity index (χ1) is 31.8. The van der Waals surface area contributed by atoms with Crippen LogP contribution in [-0.2, 0) is 32.7 Å². The van der Waals surface area contributed by atoms with Gasteiger partial charge in [-0.15, -0.1) is 0 Å². The second-order valence-corrected chi connectivity index (χ2v) is 19.9. The highest BCUT2D eigenvalue weighted by molar-refractivity contribution is 7.47. The van der Waals surface area contributed by atoms with Gasteiger partial charge < -0.3 is 20.1 Å². The van der Waals surface area contributed by atoms with E-state index in [1.165, 1.54) is 186 Å². The highest BCUT2D eigenvalue weighted by Gasteiger charge is 2.26. The Balaban J connectivity index is 4.04. The number of rotatable bonds is 52. The molecule has 0 rings (SSSR count). The lowest BCUT2D eigenvalue weighted by Gasteiger charge is -2.19. The predicted octanol–water partition coefficient (Wildman–Crippen LogP) is 16.8. The molecule has 0 spiro atoms. The fourth-order valence-corrected chi connectivity index (χ4v) is 8.65. The molecule has 0 fully saturated rings. The normalized spacial score (nSPS) is 13.4. The van der Waals surface area contributed by atoms with Gasteiger partial charge in [0.1, 0.15) is 6.61 Å². The summed E-state index contributed by atoms with van der Waals surface area (Å²) in [5.41, 5.74) is 5.37. The van der Waals surface area contributed by atoms with Gasteiger partial charge in [-0.1, -0.05) is 224 Å². The van der Waals surface area contributed by atoms with Crippen molar-refractivity contribution in [3.8, 4) is 0 Å². The highest BCUT2D eigenvalue weighted by Crippen LogP contribution is 2.43. The molecule has 10 heteroatoms. The number of hydrogen-bond donors (Lipinski definition) is 2. The standard InChI is InChI=1S/C55H104NO8P/c1-3-5-7-9-11-13-15-17-19-21-23-25-26-28-29-31-33-35-37-39-41-43-45-47-54(57)61-51-53(52-63-65(59,60)62-50-49-56)64-55(58)48-46-44-42-40-38-36-34-32-30-27-24-22-20-18-16-14-12-10-8-6-4-2/h18,20,31,33,39,41,53H,3-17,19,21-30,32,34-38,40,42-52,56H2,1-2H3,(H,59,60)/b20-18+,33-31+,41-39+/t53-/m1/s1. The molecule has 0 saturated carbocycles. The minimum Gasteiger partial charge on any atom is -0.462 e. The maximum atomic E-state index is 12.7.